The van der Waals surface area contributed by atoms with Crippen molar-refractivity contribution in [2.75, 3.05) is 18.5 Å². The van der Waals surface area contributed by atoms with Gasteiger partial charge in [-0.2, -0.15) is 22.5 Å². The molecule has 0 spiro atoms. The van der Waals surface area contributed by atoms with Crippen LogP contribution in [0.25, 0.3) is 0 Å². The van der Waals surface area contributed by atoms with E-state index in [-0.39, 0.29) is 13.2 Å². The van der Waals surface area contributed by atoms with E-state index in [0.29, 0.717) is 12.8 Å². The van der Waals surface area contributed by atoms with Crippen LogP contribution in [0.15, 0.2) is 0 Å². The Hall–Kier alpha value is -1.37. The van der Waals surface area contributed by atoms with E-state index in [1.807, 2.05) is 0 Å². The second kappa shape index (κ2) is 5.95. The third kappa shape index (κ3) is 2.87. The Morgan fingerprint density at radius 3 is 2.05 bits per heavy atom. The molecule has 0 atom stereocenters. The molecule has 0 unspecified atom stereocenters. The lowest BCUT2D eigenvalue weighted by molar-refractivity contribution is 0.0942. The summed E-state index contributed by atoms with van der Waals surface area (Å²) >= 11 is 0. The number of nitrogens with zero attached hydrogens (tertiary/aromatic N) is 1. The molecule has 0 bridgehead atoms. The normalized spacial score (nSPS) is 18.1. The summed E-state index contributed by atoms with van der Waals surface area (Å²) in [6, 6.07) is 0. The monoisotopic (exact) mass is 292 g/mol. The molecule has 0 aromatic carbocycles. The highest BCUT2D eigenvalue weighted by Crippen LogP contribution is 2.36. The molecule has 2 rings (SSSR count). The maximum absolute atomic E-state index is 13.5. The highest BCUT2D eigenvalue weighted by molar-refractivity contribution is 5.45. The van der Waals surface area contributed by atoms with Crippen LogP contribution in [-0.4, -0.2) is 23.2 Å². The molecule has 1 aliphatic carbocycles. The fraction of sp³-hybridized carbons (Fsp3) is 0.615. The number of aliphatic hydroxyl groups is 1. The van der Waals surface area contributed by atoms with Crippen molar-refractivity contribution in [1.82, 2.24) is 4.98 Å². The highest BCUT2D eigenvalue weighted by Gasteiger charge is 2.32. The van der Waals surface area contributed by atoms with E-state index in [1.165, 1.54) is 0 Å². The van der Waals surface area contributed by atoms with Gasteiger partial charge in [0.05, 0.1) is 6.61 Å². The summed E-state index contributed by atoms with van der Waals surface area (Å²) in [5.41, 5.74) is -1.37. The lowest BCUT2D eigenvalue weighted by atomic mass is 9.74. The summed E-state index contributed by atoms with van der Waals surface area (Å²) in [5, 5.41) is 11.9. The quantitative estimate of drug-likeness (QED) is 0.662. The molecule has 20 heavy (non-hydrogen) atoms. The molecular formula is C13H16F4N2O. The van der Waals surface area contributed by atoms with Gasteiger partial charge in [0.15, 0.2) is 0 Å². The van der Waals surface area contributed by atoms with Gasteiger partial charge in [-0.25, -0.2) is 0 Å². The van der Waals surface area contributed by atoms with Gasteiger partial charge in [-0.1, -0.05) is 19.3 Å². The van der Waals surface area contributed by atoms with Crippen LogP contribution in [0, 0.1) is 28.9 Å². The lowest BCUT2D eigenvalue weighted by Crippen LogP contribution is -2.36. The van der Waals surface area contributed by atoms with Crippen molar-refractivity contribution in [3.8, 4) is 0 Å². The Morgan fingerprint density at radius 1 is 1.00 bits per heavy atom. The smallest absolute Gasteiger partial charge is 0.253 e. The van der Waals surface area contributed by atoms with E-state index in [4.69, 9.17) is 0 Å². The van der Waals surface area contributed by atoms with E-state index in [2.05, 4.69) is 10.3 Å². The van der Waals surface area contributed by atoms with Gasteiger partial charge >= 0.3 is 0 Å². The van der Waals surface area contributed by atoms with E-state index in [9.17, 15) is 22.7 Å². The van der Waals surface area contributed by atoms with Gasteiger partial charge in [0.2, 0.25) is 11.6 Å². The van der Waals surface area contributed by atoms with Crippen molar-refractivity contribution in [1.29, 1.82) is 0 Å². The summed E-state index contributed by atoms with van der Waals surface area (Å²) in [5.74, 6) is -6.47. The molecule has 1 fully saturated rings. The van der Waals surface area contributed by atoms with Crippen LogP contribution in [0.3, 0.4) is 0 Å². The van der Waals surface area contributed by atoms with Crippen LogP contribution < -0.4 is 5.32 Å². The summed E-state index contributed by atoms with van der Waals surface area (Å²) in [7, 11) is 0. The Balaban J connectivity index is 2.18. The fourth-order valence-electron chi connectivity index (χ4n) is 2.61. The van der Waals surface area contributed by atoms with E-state index >= 15 is 0 Å². The fourth-order valence-corrected chi connectivity index (χ4v) is 2.61. The van der Waals surface area contributed by atoms with Crippen molar-refractivity contribution < 1.29 is 22.7 Å². The molecule has 0 radical (unpaired) electrons. The molecule has 1 aliphatic rings. The molecule has 1 aromatic rings. The summed E-state index contributed by atoms with van der Waals surface area (Å²) in [6.07, 6.45) is 4.27. The second-order valence-corrected chi connectivity index (χ2v) is 5.27. The van der Waals surface area contributed by atoms with E-state index in [1.54, 1.807) is 0 Å². The van der Waals surface area contributed by atoms with Gasteiger partial charge in [0.1, 0.15) is 5.69 Å². The molecule has 7 heteroatoms. The Labute approximate surface area is 114 Å². The summed E-state index contributed by atoms with van der Waals surface area (Å²) in [4.78, 5) is 2.49. The predicted molar refractivity (Wildman–Crippen MR) is 65.2 cm³/mol. The van der Waals surface area contributed by atoms with E-state index < -0.39 is 34.6 Å². The molecule has 3 nitrogen and oxygen atoms in total. The summed E-state index contributed by atoms with van der Waals surface area (Å²) in [6.45, 7) is -0.0838. The molecular weight excluding hydrogens is 276 g/mol. The average molecular weight is 292 g/mol. The van der Waals surface area contributed by atoms with Gasteiger partial charge in [0.25, 0.3) is 11.9 Å². The number of pyridine rings is 1. The Morgan fingerprint density at radius 2 is 1.55 bits per heavy atom. The first kappa shape index (κ1) is 15.0. The number of aromatic nitrogens is 1. The first-order valence-corrected chi connectivity index (χ1v) is 6.54. The molecule has 0 saturated heterocycles. The minimum atomic E-state index is -1.69. The number of anilines is 1. The SMILES string of the molecule is OCC1(CNc2c(F)c(F)nc(F)c2F)CCCCC1. The van der Waals surface area contributed by atoms with Gasteiger partial charge < -0.3 is 10.4 Å². The topological polar surface area (TPSA) is 45.1 Å². The Kier molecular flexibility index (Phi) is 4.47. The zero-order valence-electron chi connectivity index (χ0n) is 10.9. The van der Waals surface area contributed by atoms with Crippen molar-refractivity contribution in [3.63, 3.8) is 0 Å². The number of hydrogen-bond acceptors (Lipinski definition) is 3. The molecule has 1 heterocycles. The van der Waals surface area contributed by atoms with Crippen molar-refractivity contribution in [3.05, 3.63) is 23.5 Å². The minimum Gasteiger partial charge on any atom is -0.396 e. The number of hydrogen-bond donors (Lipinski definition) is 2. The third-order valence-corrected chi connectivity index (χ3v) is 3.89. The van der Waals surface area contributed by atoms with Gasteiger partial charge in [-0.05, 0) is 12.8 Å². The molecule has 1 saturated carbocycles. The number of halogens is 4. The second-order valence-electron chi connectivity index (χ2n) is 5.27. The number of aliphatic hydroxyl groups excluding tert-OH is 1. The highest BCUT2D eigenvalue weighted by atomic mass is 19.2. The van der Waals surface area contributed by atoms with Gasteiger partial charge in [-0.15, -0.1) is 0 Å². The van der Waals surface area contributed by atoms with Crippen LogP contribution >= 0.6 is 0 Å². The molecule has 0 amide bonds. The predicted octanol–water partition coefficient (Wildman–Crippen LogP) is 2.99. The Bertz CT molecular complexity index is 463. The summed E-state index contributed by atoms with van der Waals surface area (Å²) < 4.78 is 52.9. The largest absolute Gasteiger partial charge is 0.396 e. The minimum absolute atomic E-state index is 0.0558. The number of rotatable bonds is 4. The van der Waals surface area contributed by atoms with Crippen LogP contribution in [0.1, 0.15) is 32.1 Å². The standard InChI is InChI=1S/C13H16F4N2O/c14-8-10(9(15)12(17)19-11(8)16)18-6-13(7-20)4-2-1-3-5-13/h20H,1-7H2,(H,18,19). The maximum atomic E-state index is 13.5. The number of nitrogens with one attached hydrogen (secondary N) is 1. The van der Waals surface area contributed by atoms with Crippen molar-refractivity contribution in [2.24, 2.45) is 5.41 Å². The average Bonchev–Trinajstić information content (AvgIpc) is 2.46. The van der Waals surface area contributed by atoms with Crippen molar-refractivity contribution in [2.45, 2.75) is 32.1 Å². The van der Waals surface area contributed by atoms with Crippen LogP contribution in [0.2, 0.25) is 0 Å². The zero-order chi connectivity index (χ0) is 14.8. The van der Waals surface area contributed by atoms with Crippen LogP contribution in [0.4, 0.5) is 23.2 Å². The van der Waals surface area contributed by atoms with Gasteiger partial charge in [0, 0.05) is 12.0 Å². The van der Waals surface area contributed by atoms with Crippen LogP contribution in [0.5, 0.6) is 0 Å². The van der Waals surface area contributed by atoms with Gasteiger partial charge in [-0.3, -0.25) is 0 Å². The van der Waals surface area contributed by atoms with E-state index in [0.717, 1.165) is 19.3 Å². The van der Waals surface area contributed by atoms with Crippen LogP contribution in [-0.2, 0) is 0 Å². The first-order chi connectivity index (χ1) is 9.49. The molecule has 112 valence electrons. The molecule has 0 aliphatic heterocycles. The lowest BCUT2D eigenvalue weighted by Gasteiger charge is -2.36. The molecule has 1 aromatic heterocycles. The van der Waals surface area contributed by atoms with Crippen molar-refractivity contribution >= 4 is 5.69 Å². The molecule has 2 N–H and O–H groups in total. The first-order valence-electron chi connectivity index (χ1n) is 6.54. The zero-order valence-corrected chi connectivity index (χ0v) is 10.9. The third-order valence-electron chi connectivity index (χ3n) is 3.89. The maximum Gasteiger partial charge on any atom is 0.253 e.